The number of nitrogens with zero attached hydrogens (tertiary/aromatic N) is 4. The van der Waals surface area contributed by atoms with Gasteiger partial charge in [-0.05, 0) is 24.3 Å². The van der Waals surface area contributed by atoms with Crippen LogP contribution in [0.2, 0.25) is 0 Å². The number of hydrogen-bond acceptors (Lipinski definition) is 8. The van der Waals surface area contributed by atoms with Gasteiger partial charge in [-0.25, -0.2) is 4.98 Å². The van der Waals surface area contributed by atoms with Crippen LogP contribution in [0.3, 0.4) is 0 Å². The van der Waals surface area contributed by atoms with E-state index in [-0.39, 0.29) is 5.91 Å². The summed E-state index contributed by atoms with van der Waals surface area (Å²) in [6.07, 6.45) is 0.600. The standard InChI is InChI=1S/C16H18N6OS2/c1-17-15-21-20-13(25-15)8-11-9-24-16(18-11)19-14(23)10-4-6-12(7-5-10)22(2)3/h4-7,9H,8H2,1-3H3,(H,17,21)(H,18,19,23). The van der Waals surface area contributed by atoms with Gasteiger partial charge in [0.15, 0.2) is 5.13 Å². The Labute approximate surface area is 153 Å². The van der Waals surface area contributed by atoms with Crippen molar-refractivity contribution in [2.24, 2.45) is 0 Å². The number of carbonyl (C=O) groups is 1. The molecule has 2 aromatic heterocycles. The predicted molar refractivity (Wildman–Crippen MR) is 103 cm³/mol. The Morgan fingerprint density at radius 1 is 1.16 bits per heavy atom. The van der Waals surface area contributed by atoms with E-state index in [4.69, 9.17) is 0 Å². The van der Waals surface area contributed by atoms with Crippen molar-refractivity contribution in [1.29, 1.82) is 0 Å². The fourth-order valence-corrected chi connectivity index (χ4v) is 3.52. The van der Waals surface area contributed by atoms with E-state index >= 15 is 0 Å². The van der Waals surface area contributed by atoms with Crippen molar-refractivity contribution in [3.05, 3.63) is 45.9 Å². The zero-order valence-electron chi connectivity index (χ0n) is 14.1. The van der Waals surface area contributed by atoms with Gasteiger partial charge >= 0.3 is 0 Å². The highest BCUT2D eigenvalue weighted by molar-refractivity contribution is 7.15. The molecule has 2 heterocycles. The number of nitrogens with one attached hydrogen (secondary N) is 2. The second kappa shape index (κ2) is 7.58. The summed E-state index contributed by atoms with van der Waals surface area (Å²) in [5, 5.41) is 18.1. The van der Waals surface area contributed by atoms with E-state index < -0.39 is 0 Å². The van der Waals surface area contributed by atoms with Crippen molar-refractivity contribution < 1.29 is 4.79 Å². The highest BCUT2D eigenvalue weighted by atomic mass is 32.1. The fourth-order valence-electron chi connectivity index (χ4n) is 2.11. The zero-order chi connectivity index (χ0) is 17.8. The predicted octanol–water partition coefficient (Wildman–Crippen LogP) is 2.95. The summed E-state index contributed by atoms with van der Waals surface area (Å²) in [6, 6.07) is 7.44. The lowest BCUT2D eigenvalue weighted by Gasteiger charge is -2.12. The Kier molecular flexibility index (Phi) is 5.25. The molecule has 1 aromatic carbocycles. The molecular formula is C16H18N6OS2. The lowest BCUT2D eigenvalue weighted by molar-refractivity contribution is 0.102. The molecule has 0 unspecified atom stereocenters. The van der Waals surface area contributed by atoms with Crippen molar-refractivity contribution in [3.63, 3.8) is 0 Å². The summed E-state index contributed by atoms with van der Waals surface area (Å²) >= 11 is 2.89. The molecule has 25 heavy (non-hydrogen) atoms. The van der Waals surface area contributed by atoms with Crippen molar-refractivity contribution in [1.82, 2.24) is 15.2 Å². The van der Waals surface area contributed by atoms with E-state index in [0.717, 1.165) is 21.5 Å². The molecule has 0 bridgehead atoms. The third-order valence-electron chi connectivity index (χ3n) is 3.43. The number of hydrogen-bond donors (Lipinski definition) is 2. The number of amides is 1. The molecular weight excluding hydrogens is 356 g/mol. The summed E-state index contributed by atoms with van der Waals surface area (Å²) in [5.41, 5.74) is 2.51. The molecule has 0 saturated heterocycles. The SMILES string of the molecule is CNc1nnc(Cc2csc(NC(=O)c3ccc(N(C)C)cc3)n2)s1. The normalized spacial score (nSPS) is 10.5. The van der Waals surface area contributed by atoms with E-state index in [9.17, 15) is 4.79 Å². The monoisotopic (exact) mass is 374 g/mol. The van der Waals surface area contributed by atoms with E-state index in [0.29, 0.717) is 17.1 Å². The molecule has 7 nitrogen and oxygen atoms in total. The van der Waals surface area contributed by atoms with Gasteiger partial charge in [0, 0.05) is 44.2 Å². The Bertz CT molecular complexity index is 856. The Balaban J connectivity index is 1.63. The van der Waals surface area contributed by atoms with Gasteiger partial charge in [-0.3, -0.25) is 10.1 Å². The maximum absolute atomic E-state index is 12.3. The molecule has 3 aromatic rings. The van der Waals surface area contributed by atoms with Gasteiger partial charge in [0.05, 0.1) is 5.69 Å². The quantitative estimate of drug-likeness (QED) is 0.690. The van der Waals surface area contributed by atoms with E-state index in [2.05, 4.69) is 25.8 Å². The summed E-state index contributed by atoms with van der Waals surface area (Å²) < 4.78 is 0. The molecule has 9 heteroatoms. The van der Waals surface area contributed by atoms with Crippen LogP contribution in [-0.4, -0.2) is 42.2 Å². The van der Waals surface area contributed by atoms with E-state index in [1.54, 1.807) is 12.1 Å². The van der Waals surface area contributed by atoms with Crippen LogP contribution in [0.5, 0.6) is 0 Å². The molecule has 0 spiro atoms. The number of rotatable bonds is 6. The molecule has 1 amide bonds. The Morgan fingerprint density at radius 2 is 1.92 bits per heavy atom. The maximum atomic E-state index is 12.3. The summed E-state index contributed by atoms with van der Waals surface area (Å²) in [6.45, 7) is 0. The summed E-state index contributed by atoms with van der Waals surface area (Å²) in [5.74, 6) is -0.167. The zero-order valence-corrected chi connectivity index (χ0v) is 15.7. The van der Waals surface area contributed by atoms with Crippen LogP contribution in [0.4, 0.5) is 16.0 Å². The topological polar surface area (TPSA) is 83.0 Å². The van der Waals surface area contributed by atoms with Crippen molar-refractivity contribution in [2.45, 2.75) is 6.42 Å². The van der Waals surface area contributed by atoms with Gasteiger partial charge < -0.3 is 10.2 Å². The molecule has 130 valence electrons. The average Bonchev–Trinajstić information content (AvgIpc) is 3.24. The van der Waals surface area contributed by atoms with Crippen LogP contribution in [0, 0.1) is 0 Å². The van der Waals surface area contributed by atoms with Gasteiger partial charge in [0.2, 0.25) is 5.13 Å². The lowest BCUT2D eigenvalue weighted by atomic mass is 10.2. The molecule has 0 radical (unpaired) electrons. The molecule has 0 aliphatic carbocycles. The third kappa shape index (κ3) is 4.31. The molecule has 0 aliphatic heterocycles. The van der Waals surface area contributed by atoms with Crippen LogP contribution in [0.1, 0.15) is 21.1 Å². The molecule has 2 N–H and O–H groups in total. The first-order valence-corrected chi connectivity index (χ1v) is 9.28. The molecule has 0 fully saturated rings. The smallest absolute Gasteiger partial charge is 0.257 e. The summed E-state index contributed by atoms with van der Waals surface area (Å²) in [4.78, 5) is 18.8. The minimum Gasteiger partial charge on any atom is -0.378 e. The van der Waals surface area contributed by atoms with Crippen LogP contribution in [-0.2, 0) is 6.42 Å². The highest BCUT2D eigenvalue weighted by Gasteiger charge is 2.11. The third-order valence-corrected chi connectivity index (χ3v) is 5.18. The largest absolute Gasteiger partial charge is 0.378 e. The van der Waals surface area contributed by atoms with Gasteiger partial charge in [-0.2, -0.15) is 0 Å². The van der Waals surface area contributed by atoms with Crippen LogP contribution >= 0.6 is 22.7 Å². The summed E-state index contributed by atoms with van der Waals surface area (Å²) in [7, 11) is 5.74. The van der Waals surface area contributed by atoms with Crippen LogP contribution < -0.4 is 15.5 Å². The lowest BCUT2D eigenvalue weighted by Crippen LogP contribution is -2.13. The van der Waals surface area contributed by atoms with Gasteiger partial charge in [-0.15, -0.1) is 21.5 Å². The Morgan fingerprint density at radius 3 is 2.56 bits per heavy atom. The average molecular weight is 374 g/mol. The van der Waals surface area contributed by atoms with Crippen LogP contribution in [0.25, 0.3) is 0 Å². The second-order valence-electron chi connectivity index (χ2n) is 5.47. The van der Waals surface area contributed by atoms with E-state index in [1.807, 2.05) is 43.6 Å². The molecule has 0 aliphatic rings. The van der Waals surface area contributed by atoms with Gasteiger partial charge in [-0.1, -0.05) is 11.3 Å². The first-order valence-electron chi connectivity index (χ1n) is 7.58. The minimum atomic E-state index is -0.167. The first-order chi connectivity index (χ1) is 12.0. The van der Waals surface area contributed by atoms with Crippen molar-refractivity contribution in [2.75, 3.05) is 36.7 Å². The van der Waals surface area contributed by atoms with Crippen LogP contribution in [0.15, 0.2) is 29.6 Å². The van der Waals surface area contributed by atoms with Crippen molar-refractivity contribution >= 4 is 44.5 Å². The van der Waals surface area contributed by atoms with E-state index in [1.165, 1.54) is 22.7 Å². The van der Waals surface area contributed by atoms with Gasteiger partial charge in [0.1, 0.15) is 5.01 Å². The number of anilines is 3. The number of benzene rings is 1. The minimum absolute atomic E-state index is 0.167. The molecule has 3 rings (SSSR count). The highest BCUT2D eigenvalue weighted by Crippen LogP contribution is 2.22. The van der Waals surface area contributed by atoms with Crippen molar-refractivity contribution in [3.8, 4) is 0 Å². The number of thiazole rings is 1. The molecule has 0 atom stereocenters. The molecule has 0 saturated carbocycles. The first kappa shape index (κ1) is 17.3. The second-order valence-corrected chi connectivity index (χ2v) is 7.39. The fraction of sp³-hybridized carbons (Fsp3) is 0.250. The Hall–Kier alpha value is -2.52. The maximum Gasteiger partial charge on any atom is 0.257 e. The number of aromatic nitrogens is 3. The van der Waals surface area contributed by atoms with Gasteiger partial charge in [0.25, 0.3) is 5.91 Å². The number of carbonyl (C=O) groups excluding carboxylic acids is 1.